The molecule has 36 heavy (non-hydrogen) atoms. The van der Waals surface area contributed by atoms with E-state index in [1.165, 1.54) is 32.4 Å². The van der Waals surface area contributed by atoms with Crippen LogP contribution in [-0.2, 0) is 11.3 Å². The molecule has 1 aliphatic rings. The van der Waals surface area contributed by atoms with Crippen LogP contribution in [0, 0.1) is 0 Å². The number of methoxy groups -OCH3 is 1. The number of hydrogen-bond acceptors (Lipinski definition) is 6. The van der Waals surface area contributed by atoms with Gasteiger partial charge in [-0.2, -0.15) is 0 Å². The smallest absolute Gasteiger partial charge is 0.253 e. The number of nitrogens with two attached hydrogens (primary N) is 1. The van der Waals surface area contributed by atoms with E-state index in [2.05, 4.69) is 32.6 Å². The van der Waals surface area contributed by atoms with E-state index in [-0.39, 0.29) is 24.4 Å². The Balaban J connectivity index is 1.73. The number of nitrogens with one attached hydrogen (secondary N) is 2. The Kier molecular flexibility index (Phi) is 10.4. The van der Waals surface area contributed by atoms with Crippen molar-refractivity contribution < 1.29 is 14.3 Å². The van der Waals surface area contributed by atoms with Gasteiger partial charge in [0.15, 0.2) is 0 Å². The monoisotopic (exact) mass is 495 g/mol. The van der Waals surface area contributed by atoms with Crippen molar-refractivity contribution in [2.24, 2.45) is 0 Å². The molecule has 196 valence electrons. The molecule has 2 aromatic carbocycles. The molecule has 0 atom stereocenters. The molecule has 8 nitrogen and oxygen atoms in total. The number of hydrogen-bond donors (Lipinski definition) is 3. The molecular formula is C28H41N5O3. The third kappa shape index (κ3) is 8.45. The molecule has 1 heterocycles. The molecule has 1 saturated heterocycles. The van der Waals surface area contributed by atoms with E-state index in [4.69, 9.17) is 10.5 Å². The van der Waals surface area contributed by atoms with Crippen molar-refractivity contribution in [3.63, 3.8) is 0 Å². The van der Waals surface area contributed by atoms with Crippen LogP contribution >= 0.6 is 0 Å². The summed E-state index contributed by atoms with van der Waals surface area (Å²) in [6.07, 6.45) is 4.91. The number of benzene rings is 2. The first-order valence-electron chi connectivity index (χ1n) is 12.9. The van der Waals surface area contributed by atoms with Crippen LogP contribution in [0.5, 0.6) is 5.75 Å². The highest BCUT2D eigenvalue weighted by Crippen LogP contribution is 2.24. The highest BCUT2D eigenvalue weighted by atomic mass is 16.5. The normalized spacial score (nSPS) is 13.9. The second kappa shape index (κ2) is 13.7. The van der Waals surface area contributed by atoms with Crippen molar-refractivity contribution in [3.05, 3.63) is 53.6 Å². The van der Waals surface area contributed by atoms with Crippen LogP contribution in [-0.4, -0.2) is 62.6 Å². The van der Waals surface area contributed by atoms with Crippen LogP contribution in [0.2, 0.25) is 0 Å². The third-order valence-electron chi connectivity index (χ3n) is 6.39. The van der Waals surface area contributed by atoms with E-state index >= 15 is 0 Å². The zero-order valence-corrected chi connectivity index (χ0v) is 21.9. The third-order valence-corrected chi connectivity index (χ3v) is 6.39. The number of likely N-dealkylation sites (tertiary alicyclic amines) is 1. The Labute approximate surface area is 215 Å². The maximum absolute atomic E-state index is 12.9. The van der Waals surface area contributed by atoms with Crippen LogP contribution < -0.4 is 26.0 Å². The first-order valence-corrected chi connectivity index (χ1v) is 12.9. The fourth-order valence-electron chi connectivity index (χ4n) is 4.49. The van der Waals surface area contributed by atoms with E-state index < -0.39 is 0 Å². The summed E-state index contributed by atoms with van der Waals surface area (Å²) in [5.74, 6) is 0.237. The lowest BCUT2D eigenvalue weighted by atomic mass is 10.1. The maximum Gasteiger partial charge on any atom is 0.253 e. The molecule has 0 radical (unpaired) electrons. The van der Waals surface area contributed by atoms with E-state index in [0.29, 0.717) is 17.8 Å². The molecule has 0 aliphatic carbocycles. The summed E-state index contributed by atoms with van der Waals surface area (Å²) in [4.78, 5) is 29.7. The van der Waals surface area contributed by atoms with Gasteiger partial charge in [-0.05, 0) is 88.6 Å². The van der Waals surface area contributed by atoms with Gasteiger partial charge in [0.2, 0.25) is 5.91 Å². The highest BCUT2D eigenvalue weighted by molar-refractivity contribution is 6.01. The number of amides is 2. The summed E-state index contributed by atoms with van der Waals surface area (Å²) in [7, 11) is 1.66. The largest absolute Gasteiger partial charge is 0.497 e. The Morgan fingerprint density at radius 3 is 2.47 bits per heavy atom. The molecule has 0 unspecified atom stereocenters. The average molecular weight is 496 g/mol. The zero-order valence-electron chi connectivity index (χ0n) is 21.9. The number of carbonyl (C=O) groups is 2. The predicted molar refractivity (Wildman–Crippen MR) is 145 cm³/mol. The topological polar surface area (TPSA) is 99.9 Å². The minimum atomic E-state index is -0.356. The summed E-state index contributed by atoms with van der Waals surface area (Å²) in [6.45, 7) is 8.63. The number of piperidine rings is 1. The summed E-state index contributed by atoms with van der Waals surface area (Å²) in [5.41, 5.74) is 9.00. The summed E-state index contributed by atoms with van der Waals surface area (Å²) in [6, 6.07) is 13.6. The first kappa shape index (κ1) is 27.3. The summed E-state index contributed by atoms with van der Waals surface area (Å²) < 4.78 is 5.30. The standard InChI is InChI=1S/C28H41N5O3/c1-21(2)31-27(34)19-30-28(35)25-18-23(10-13-26(25)29)33(17-7-16-32-14-5-4-6-15-32)20-22-8-11-24(36-3)12-9-22/h8-13,18,21H,4-7,14-17,19-20,29H2,1-3H3,(H,30,35)(H,31,34). The van der Waals surface area contributed by atoms with Crippen molar-refractivity contribution in [2.45, 2.75) is 52.1 Å². The van der Waals surface area contributed by atoms with Crippen molar-refractivity contribution in [1.82, 2.24) is 15.5 Å². The van der Waals surface area contributed by atoms with Crippen molar-refractivity contribution in [2.75, 3.05) is 50.5 Å². The van der Waals surface area contributed by atoms with Crippen molar-refractivity contribution in [1.29, 1.82) is 0 Å². The van der Waals surface area contributed by atoms with Crippen LogP contribution in [0.15, 0.2) is 42.5 Å². The molecule has 8 heteroatoms. The Hall–Kier alpha value is -3.26. The van der Waals surface area contributed by atoms with Gasteiger partial charge in [-0.25, -0.2) is 0 Å². The number of anilines is 2. The Morgan fingerprint density at radius 2 is 1.81 bits per heavy atom. The minimum absolute atomic E-state index is 0.0132. The molecule has 2 amide bonds. The summed E-state index contributed by atoms with van der Waals surface area (Å²) >= 11 is 0. The molecule has 1 fully saturated rings. The zero-order chi connectivity index (χ0) is 25.9. The fraction of sp³-hybridized carbons (Fsp3) is 0.500. The SMILES string of the molecule is COc1ccc(CN(CCCN2CCCCC2)c2ccc(N)c(C(=O)NCC(=O)NC(C)C)c2)cc1. The van der Waals surface area contributed by atoms with Gasteiger partial charge in [0, 0.05) is 30.5 Å². The minimum Gasteiger partial charge on any atom is -0.497 e. The Morgan fingerprint density at radius 1 is 1.08 bits per heavy atom. The molecule has 0 aromatic heterocycles. The lowest BCUT2D eigenvalue weighted by Gasteiger charge is -2.29. The number of nitrogens with zero attached hydrogens (tertiary/aromatic N) is 2. The van der Waals surface area contributed by atoms with Crippen molar-refractivity contribution in [3.8, 4) is 5.75 Å². The molecule has 3 rings (SSSR count). The van der Waals surface area contributed by atoms with Gasteiger partial charge in [0.1, 0.15) is 5.75 Å². The van der Waals surface area contributed by atoms with E-state index in [1.807, 2.05) is 38.1 Å². The van der Waals surface area contributed by atoms with Gasteiger partial charge in [0.05, 0.1) is 19.2 Å². The maximum atomic E-state index is 12.9. The van der Waals surface area contributed by atoms with Gasteiger partial charge in [-0.3, -0.25) is 9.59 Å². The molecule has 1 aliphatic heterocycles. The lowest BCUT2D eigenvalue weighted by Crippen LogP contribution is -2.40. The van der Waals surface area contributed by atoms with Crippen LogP contribution in [0.4, 0.5) is 11.4 Å². The predicted octanol–water partition coefficient (Wildman–Crippen LogP) is 3.41. The highest BCUT2D eigenvalue weighted by Gasteiger charge is 2.17. The molecule has 0 bridgehead atoms. The van der Waals surface area contributed by atoms with Crippen molar-refractivity contribution >= 4 is 23.2 Å². The number of ether oxygens (including phenoxy) is 1. The quantitative estimate of drug-likeness (QED) is 0.390. The van der Waals surface area contributed by atoms with Gasteiger partial charge in [-0.1, -0.05) is 18.6 Å². The second-order valence-electron chi connectivity index (χ2n) is 9.70. The average Bonchev–Trinajstić information content (AvgIpc) is 2.87. The van der Waals surface area contributed by atoms with E-state index in [1.54, 1.807) is 13.2 Å². The van der Waals surface area contributed by atoms with Gasteiger partial charge >= 0.3 is 0 Å². The van der Waals surface area contributed by atoms with Gasteiger partial charge in [-0.15, -0.1) is 0 Å². The lowest BCUT2D eigenvalue weighted by molar-refractivity contribution is -0.120. The second-order valence-corrected chi connectivity index (χ2v) is 9.70. The van der Waals surface area contributed by atoms with E-state index in [0.717, 1.165) is 36.5 Å². The Bertz CT molecular complexity index is 987. The number of carbonyl (C=O) groups excluding carboxylic acids is 2. The van der Waals surface area contributed by atoms with Gasteiger partial charge in [0.25, 0.3) is 5.91 Å². The van der Waals surface area contributed by atoms with Crippen LogP contribution in [0.25, 0.3) is 0 Å². The van der Waals surface area contributed by atoms with E-state index in [9.17, 15) is 9.59 Å². The molecule has 4 N–H and O–H groups in total. The number of rotatable bonds is 12. The molecule has 0 saturated carbocycles. The first-order chi connectivity index (χ1) is 17.4. The molecule has 2 aromatic rings. The van der Waals surface area contributed by atoms with Crippen LogP contribution in [0.3, 0.4) is 0 Å². The fourth-order valence-corrected chi connectivity index (χ4v) is 4.49. The molecule has 0 spiro atoms. The van der Waals surface area contributed by atoms with Gasteiger partial charge < -0.3 is 30.9 Å². The number of nitrogen functional groups attached to an aromatic ring is 1. The van der Waals surface area contributed by atoms with Crippen LogP contribution in [0.1, 0.15) is 55.5 Å². The summed E-state index contributed by atoms with van der Waals surface area (Å²) in [5, 5.41) is 5.46. The molecular weight excluding hydrogens is 454 g/mol.